The molecule has 0 aromatic heterocycles. The van der Waals surface area contributed by atoms with E-state index in [1.54, 1.807) is 7.11 Å². The lowest BCUT2D eigenvalue weighted by Gasteiger charge is -2.28. The van der Waals surface area contributed by atoms with Crippen molar-refractivity contribution in [1.29, 1.82) is 0 Å². The van der Waals surface area contributed by atoms with E-state index in [4.69, 9.17) is 4.74 Å². The molecule has 2 heteroatoms. The maximum atomic E-state index is 5.25. The minimum atomic E-state index is 0.531. The molecule has 0 saturated heterocycles. The molecule has 0 radical (unpaired) electrons. The van der Waals surface area contributed by atoms with E-state index in [9.17, 15) is 0 Å². The van der Waals surface area contributed by atoms with Crippen LogP contribution in [0.3, 0.4) is 0 Å². The van der Waals surface area contributed by atoms with Crippen molar-refractivity contribution >= 4 is 0 Å². The Morgan fingerprint density at radius 2 is 1.81 bits per heavy atom. The van der Waals surface area contributed by atoms with Crippen molar-refractivity contribution in [2.75, 3.05) is 13.7 Å². The van der Waals surface area contributed by atoms with Crippen LogP contribution < -0.4 is 5.32 Å². The number of ether oxygens (including phenoxy) is 1. The van der Waals surface area contributed by atoms with Gasteiger partial charge in [-0.15, -0.1) is 0 Å². The van der Waals surface area contributed by atoms with Crippen LogP contribution in [0.4, 0.5) is 0 Å². The third-order valence-electron chi connectivity index (χ3n) is 3.97. The van der Waals surface area contributed by atoms with Gasteiger partial charge in [-0.3, -0.25) is 0 Å². The standard InChI is InChI=1S/C14H29NO/c1-4-14(11-16-3)15-12(2)13-9-7-5-6-8-10-13/h12-15H,4-11H2,1-3H3/t12-,14?/m0/s1. The molecule has 96 valence electrons. The predicted molar refractivity (Wildman–Crippen MR) is 69.7 cm³/mol. The van der Waals surface area contributed by atoms with Gasteiger partial charge in [-0.05, 0) is 32.1 Å². The SMILES string of the molecule is CCC(COC)N[C@@H](C)C1CCCCCC1. The number of methoxy groups -OCH3 is 1. The smallest absolute Gasteiger partial charge is 0.0615 e. The van der Waals surface area contributed by atoms with Crippen LogP contribution in [0.2, 0.25) is 0 Å². The topological polar surface area (TPSA) is 21.3 Å². The molecule has 0 heterocycles. The first-order valence-corrected chi connectivity index (χ1v) is 7.03. The average Bonchev–Trinajstić information content (AvgIpc) is 2.56. The Bertz CT molecular complexity index is 164. The monoisotopic (exact) mass is 227 g/mol. The Kier molecular flexibility index (Phi) is 7.06. The van der Waals surface area contributed by atoms with Crippen molar-refractivity contribution in [2.45, 2.75) is 70.9 Å². The van der Waals surface area contributed by atoms with Gasteiger partial charge in [0.25, 0.3) is 0 Å². The van der Waals surface area contributed by atoms with E-state index in [-0.39, 0.29) is 0 Å². The lowest BCUT2D eigenvalue weighted by Crippen LogP contribution is -2.42. The highest BCUT2D eigenvalue weighted by Crippen LogP contribution is 2.25. The maximum absolute atomic E-state index is 5.25. The molecule has 1 unspecified atom stereocenters. The lowest BCUT2D eigenvalue weighted by molar-refractivity contribution is 0.151. The molecule has 1 fully saturated rings. The molecule has 1 rings (SSSR count). The molecule has 0 aromatic rings. The number of nitrogens with one attached hydrogen (secondary N) is 1. The van der Waals surface area contributed by atoms with Gasteiger partial charge in [-0.2, -0.15) is 0 Å². The van der Waals surface area contributed by atoms with Gasteiger partial charge in [0, 0.05) is 19.2 Å². The van der Waals surface area contributed by atoms with Crippen LogP contribution >= 0.6 is 0 Å². The first-order chi connectivity index (χ1) is 7.77. The molecule has 1 aliphatic rings. The molecular formula is C14H29NO. The molecule has 16 heavy (non-hydrogen) atoms. The molecule has 0 aliphatic heterocycles. The fourth-order valence-corrected chi connectivity index (χ4v) is 2.80. The van der Waals surface area contributed by atoms with E-state index in [0.717, 1.165) is 18.9 Å². The van der Waals surface area contributed by atoms with Crippen LogP contribution in [-0.2, 0) is 4.74 Å². The van der Waals surface area contributed by atoms with Gasteiger partial charge >= 0.3 is 0 Å². The third kappa shape index (κ3) is 4.84. The molecule has 1 N–H and O–H groups in total. The second kappa shape index (κ2) is 8.08. The van der Waals surface area contributed by atoms with E-state index >= 15 is 0 Å². The molecule has 0 bridgehead atoms. The molecule has 1 saturated carbocycles. The zero-order chi connectivity index (χ0) is 11.8. The average molecular weight is 227 g/mol. The van der Waals surface area contributed by atoms with Crippen molar-refractivity contribution in [3.05, 3.63) is 0 Å². The Balaban J connectivity index is 2.33. The van der Waals surface area contributed by atoms with Crippen LogP contribution in [0.25, 0.3) is 0 Å². The van der Waals surface area contributed by atoms with E-state index in [0.29, 0.717) is 12.1 Å². The van der Waals surface area contributed by atoms with Gasteiger partial charge in [-0.1, -0.05) is 32.6 Å². The number of hydrogen-bond donors (Lipinski definition) is 1. The van der Waals surface area contributed by atoms with Crippen molar-refractivity contribution in [3.8, 4) is 0 Å². The van der Waals surface area contributed by atoms with E-state index in [1.807, 2.05) is 0 Å². The van der Waals surface area contributed by atoms with Gasteiger partial charge in [0.1, 0.15) is 0 Å². The first kappa shape index (κ1) is 14.0. The molecule has 0 spiro atoms. The van der Waals surface area contributed by atoms with E-state index in [2.05, 4.69) is 19.2 Å². The third-order valence-corrected chi connectivity index (χ3v) is 3.97. The molecular weight excluding hydrogens is 198 g/mol. The summed E-state index contributed by atoms with van der Waals surface area (Å²) in [6, 6.07) is 1.18. The molecule has 2 atom stereocenters. The first-order valence-electron chi connectivity index (χ1n) is 7.03. The second-order valence-corrected chi connectivity index (χ2v) is 5.27. The fraction of sp³-hybridized carbons (Fsp3) is 1.00. The van der Waals surface area contributed by atoms with E-state index in [1.165, 1.54) is 38.5 Å². The largest absolute Gasteiger partial charge is 0.383 e. The Labute approximate surface area is 101 Å². The highest BCUT2D eigenvalue weighted by molar-refractivity contribution is 4.78. The quantitative estimate of drug-likeness (QED) is 0.703. The van der Waals surface area contributed by atoms with Gasteiger partial charge in [-0.25, -0.2) is 0 Å². The molecule has 0 amide bonds. The van der Waals surface area contributed by atoms with Crippen molar-refractivity contribution in [3.63, 3.8) is 0 Å². The summed E-state index contributed by atoms with van der Waals surface area (Å²) >= 11 is 0. The van der Waals surface area contributed by atoms with Gasteiger partial charge < -0.3 is 10.1 Å². The van der Waals surface area contributed by atoms with Crippen LogP contribution in [-0.4, -0.2) is 25.8 Å². The Morgan fingerprint density at radius 1 is 1.19 bits per heavy atom. The Morgan fingerprint density at radius 3 is 2.31 bits per heavy atom. The second-order valence-electron chi connectivity index (χ2n) is 5.27. The van der Waals surface area contributed by atoms with Gasteiger partial charge in [0.2, 0.25) is 0 Å². The van der Waals surface area contributed by atoms with Crippen molar-refractivity contribution in [1.82, 2.24) is 5.32 Å². The summed E-state index contributed by atoms with van der Waals surface area (Å²) in [5, 5.41) is 3.74. The van der Waals surface area contributed by atoms with Crippen LogP contribution in [0, 0.1) is 5.92 Å². The molecule has 1 aliphatic carbocycles. The normalized spacial score (nSPS) is 22.7. The zero-order valence-electron chi connectivity index (χ0n) is 11.3. The Hall–Kier alpha value is -0.0800. The number of hydrogen-bond acceptors (Lipinski definition) is 2. The summed E-state index contributed by atoms with van der Waals surface area (Å²) < 4.78 is 5.25. The number of rotatable bonds is 6. The van der Waals surface area contributed by atoms with Crippen LogP contribution in [0.5, 0.6) is 0 Å². The summed E-state index contributed by atoms with van der Waals surface area (Å²) in [7, 11) is 1.79. The predicted octanol–water partition coefficient (Wildman–Crippen LogP) is 3.36. The highest BCUT2D eigenvalue weighted by Gasteiger charge is 2.20. The van der Waals surface area contributed by atoms with Crippen LogP contribution in [0.1, 0.15) is 58.8 Å². The van der Waals surface area contributed by atoms with Gasteiger partial charge in [0.05, 0.1) is 6.61 Å². The van der Waals surface area contributed by atoms with Crippen LogP contribution in [0.15, 0.2) is 0 Å². The minimum Gasteiger partial charge on any atom is -0.383 e. The summed E-state index contributed by atoms with van der Waals surface area (Å²) in [6.45, 7) is 5.43. The lowest BCUT2D eigenvalue weighted by atomic mass is 9.92. The zero-order valence-corrected chi connectivity index (χ0v) is 11.3. The minimum absolute atomic E-state index is 0.531. The molecule has 2 nitrogen and oxygen atoms in total. The molecule has 0 aromatic carbocycles. The van der Waals surface area contributed by atoms with E-state index < -0.39 is 0 Å². The maximum Gasteiger partial charge on any atom is 0.0615 e. The summed E-state index contributed by atoms with van der Waals surface area (Å²) in [6.07, 6.45) is 9.73. The fourth-order valence-electron chi connectivity index (χ4n) is 2.80. The van der Waals surface area contributed by atoms with Gasteiger partial charge in [0.15, 0.2) is 0 Å². The van der Waals surface area contributed by atoms with Crippen molar-refractivity contribution < 1.29 is 4.74 Å². The summed E-state index contributed by atoms with van der Waals surface area (Å²) in [5.74, 6) is 0.883. The van der Waals surface area contributed by atoms with Crippen molar-refractivity contribution in [2.24, 2.45) is 5.92 Å². The highest BCUT2D eigenvalue weighted by atomic mass is 16.5. The summed E-state index contributed by atoms with van der Waals surface area (Å²) in [5.41, 5.74) is 0. The summed E-state index contributed by atoms with van der Waals surface area (Å²) in [4.78, 5) is 0.